The number of alkyl halides is 2. The summed E-state index contributed by atoms with van der Waals surface area (Å²) in [6, 6.07) is 2.66. The van der Waals surface area contributed by atoms with Crippen LogP contribution in [0.3, 0.4) is 0 Å². The van der Waals surface area contributed by atoms with Gasteiger partial charge in [0, 0.05) is 46.3 Å². The second-order valence-electron chi connectivity index (χ2n) is 8.93. The number of nitrogen functional groups attached to an aromatic ring is 1. The number of anilines is 2. The second-order valence-corrected chi connectivity index (χ2v) is 10.1. The molecule has 1 aliphatic heterocycles. The van der Waals surface area contributed by atoms with E-state index in [-0.39, 0.29) is 23.6 Å². The molecule has 0 spiro atoms. The van der Waals surface area contributed by atoms with E-state index in [2.05, 4.69) is 20.6 Å². The number of nitrogens with zero attached hydrogens (tertiary/aromatic N) is 3. The van der Waals surface area contributed by atoms with E-state index >= 15 is 0 Å². The quantitative estimate of drug-likeness (QED) is 0.218. The fourth-order valence-corrected chi connectivity index (χ4v) is 5.37. The highest BCUT2D eigenvalue weighted by Crippen LogP contribution is 2.27. The average Bonchev–Trinajstić information content (AvgIpc) is 3.48. The summed E-state index contributed by atoms with van der Waals surface area (Å²) < 4.78 is 27.1. The van der Waals surface area contributed by atoms with E-state index in [9.17, 15) is 18.4 Å². The number of pyridine rings is 1. The van der Waals surface area contributed by atoms with Gasteiger partial charge in [0.25, 0.3) is 5.56 Å². The molecule has 0 bridgehead atoms. The maximum Gasteiger partial charge on any atom is 0.277 e. The van der Waals surface area contributed by atoms with Crippen LogP contribution in [0, 0.1) is 5.41 Å². The molecule has 0 aromatic carbocycles. The molecule has 0 saturated heterocycles. The molecule has 0 aliphatic carbocycles. The summed E-state index contributed by atoms with van der Waals surface area (Å²) in [6.07, 6.45) is 5.16. The Kier molecular flexibility index (Phi) is 8.27. The van der Waals surface area contributed by atoms with Crippen LogP contribution in [0.2, 0.25) is 0 Å². The largest absolute Gasteiger partial charge is 0.384 e. The standard InChI is InChI=1S/C25H29F2N7O2S/c1-14(15(10-28)4-2-3-5-21(26)27)33-18-13-31-23-7-6-19(34(23)25(18)36)24(35)32-12-17-8-16-11-30-22(29)9-20(16)37-17/h4,8-11,13-14,19,21,28,33H,2-3,5-7,12H2,1H3,(H2,29,30)(H,32,35)/b15-4+,28-10?/t14-,19+/m1/s1. The minimum atomic E-state index is -2.35. The molecule has 12 heteroatoms. The molecule has 0 radical (unpaired) electrons. The van der Waals surface area contributed by atoms with E-state index in [1.54, 1.807) is 25.3 Å². The molecule has 2 atom stereocenters. The number of aromatic nitrogens is 3. The van der Waals surface area contributed by atoms with Crippen molar-refractivity contribution in [2.24, 2.45) is 0 Å². The highest BCUT2D eigenvalue weighted by Gasteiger charge is 2.31. The maximum atomic E-state index is 13.3. The first-order chi connectivity index (χ1) is 17.8. The van der Waals surface area contributed by atoms with E-state index in [0.717, 1.165) is 21.2 Å². The van der Waals surface area contributed by atoms with Gasteiger partial charge in [-0.2, -0.15) is 0 Å². The van der Waals surface area contributed by atoms with Crippen molar-refractivity contribution < 1.29 is 13.6 Å². The topological polar surface area (TPSA) is 139 Å². The number of nitrogens with one attached hydrogen (secondary N) is 3. The number of thiophene rings is 1. The second kappa shape index (κ2) is 11.6. The zero-order chi connectivity index (χ0) is 26.5. The van der Waals surface area contributed by atoms with Crippen LogP contribution in [-0.2, 0) is 17.8 Å². The summed E-state index contributed by atoms with van der Waals surface area (Å²) in [7, 11) is 0. The van der Waals surface area contributed by atoms with Gasteiger partial charge in [-0.15, -0.1) is 11.3 Å². The molecule has 0 unspecified atom stereocenters. The monoisotopic (exact) mass is 529 g/mol. The van der Waals surface area contributed by atoms with Gasteiger partial charge in [-0.05, 0) is 43.9 Å². The molecular formula is C25H29F2N7O2S. The molecule has 0 saturated carbocycles. The first-order valence-corrected chi connectivity index (χ1v) is 12.9. The molecule has 37 heavy (non-hydrogen) atoms. The van der Waals surface area contributed by atoms with Crippen molar-refractivity contribution >= 4 is 45.0 Å². The van der Waals surface area contributed by atoms with Gasteiger partial charge in [0.1, 0.15) is 23.4 Å². The molecule has 4 heterocycles. The van der Waals surface area contributed by atoms with E-state index in [0.29, 0.717) is 49.4 Å². The van der Waals surface area contributed by atoms with Gasteiger partial charge in [0.15, 0.2) is 0 Å². The molecule has 0 fully saturated rings. The number of aryl methyl sites for hydroxylation is 1. The van der Waals surface area contributed by atoms with Crippen molar-refractivity contribution in [3.63, 3.8) is 0 Å². The number of carbonyl (C=O) groups excluding carboxylic acids is 1. The molecule has 4 rings (SSSR count). The van der Waals surface area contributed by atoms with Crippen LogP contribution in [-0.4, -0.2) is 39.1 Å². The summed E-state index contributed by atoms with van der Waals surface area (Å²) in [5, 5.41) is 14.6. The van der Waals surface area contributed by atoms with E-state index in [1.807, 2.05) is 6.07 Å². The number of allylic oxidation sites excluding steroid dienone is 1. The van der Waals surface area contributed by atoms with E-state index in [1.165, 1.54) is 22.1 Å². The van der Waals surface area contributed by atoms with Gasteiger partial charge >= 0.3 is 0 Å². The number of nitrogens with two attached hydrogens (primary N) is 1. The molecule has 1 aliphatic rings. The average molecular weight is 530 g/mol. The Morgan fingerprint density at radius 3 is 2.92 bits per heavy atom. The maximum absolute atomic E-state index is 13.3. The summed E-state index contributed by atoms with van der Waals surface area (Å²) in [5.74, 6) is 0.719. The van der Waals surface area contributed by atoms with Gasteiger partial charge in [-0.3, -0.25) is 14.2 Å². The van der Waals surface area contributed by atoms with Crippen molar-refractivity contribution in [2.45, 2.75) is 64.1 Å². The number of hydrogen-bond acceptors (Lipinski definition) is 8. The molecule has 196 valence electrons. The minimum Gasteiger partial charge on any atom is -0.384 e. The lowest BCUT2D eigenvalue weighted by atomic mass is 10.1. The number of unbranched alkanes of at least 4 members (excludes halogenated alkanes) is 1. The molecule has 3 aromatic rings. The first kappa shape index (κ1) is 26.4. The smallest absolute Gasteiger partial charge is 0.277 e. The van der Waals surface area contributed by atoms with Crippen molar-refractivity contribution in [1.82, 2.24) is 19.9 Å². The fourth-order valence-electron chi connectivity index (χ4n) is 4.35. The lowest BCUT2D eigenvalue weighted by molar-refractivity contribution is -0.124. The van der Waals surface area contributed by atoms with Gasteiger partial charge in [0.05, 0.1) is 12.7 Å². The predicted octanol–water partition coefficient (Wildman–Crippen LogP) is 4.05. The third-order valence-electron chi connectivity index (χ3n) is 6.28. The number of amides is 1. The van der Waals surface area contributed by atoms with Crippen LogP contribution in [0.1, 0.15) is 49.4 Å². The van der Waals surface area contributed by atoms with Crippen LogP contribution in [0.4, 0.5) is 20.3 Å². The Morgan fingerprint density at radius 1 is 1.35 bits per heavy atom. The first-order valence-electron chi connectivity index (χ1n) is 12.0. The van der Waals surface area contributed by atoms with Crippen molar-refractivity contribution in [3.8, 4) is 0 Å². The third-order valence-corrected chi connectivity index (χ3v) is 7.38. The Bertz CT molecular complexity index is 1390. The normalized spacial score (nSPS) is 16.1. The summed E-state index contributed by atoms with van der Waals surface area (Å²) in [4.78, 5) is 35.7. The van der Waals surface area contributed by atoms with Gasteiger partial charge in [-0.25, -0.2) is 18.7 Å². The zero-order valence-electron chi connectivity index (χ0n) is 20.3. The number of carbonyl (C=O) groups is 1. The molecule has 1 amide bonds. The van der Waals surface area contributed by atoms with Crippen LogP contribution in [0.15, 0.2) is 41.0 Å². The molecule has 3 aromatic heterocycles. The third kappa shape index (κ3) is 6.19. The van der Waals surface area contributed by atoms with E-state index in [4.69, 9.17) is 11.1 Å². The Morgan fingerprint density at radius 2 is 2.16 bits per heavy atom. The van der Waals surface area contributed by atoms with Gasteiger partial charge in [0.2, 0.25) is 12.3 Å². The van der Waals surface area contributed by atoms with Crippen molar-refractivity contribution in [1.29, 1.82) is 5.41 Å². The number of fused-ring (bicyclic) bond motifs is 2. The van der Waals surface area contributed by atoms with Crippen molar-refractivity contribution in [3.05, 3.63) is 57.2 Å². The summed E-state index contributed by atoms with van der Waals surface area (Å²) in [5.41, 5.74) is 6.17. The molecule has 5 N–H and O–H groups in total. The van der Waals surface area contributed by atoms with Gasteiger partial charge < -0.3 is 21.8 Å². The Labute approximate surface area is 216 Å². The Hall–Kier alpha value is -3.67. The summed E-state index contributed by atoms with van der Waals surface area (Å²) >= 11 is 1.52. The van der Waals surface area contributed by atoms with Crippen LogP contribution < -0.4 is 21.9 Å². The van der Waals surface area contributed by atoms with Crippen LogP contribution in [0.5, 0.6) is 0 Å². The highest BCUT2D eigenvalue weighted by molar-refractivity contribution is 7.19. The lowest BCUT2D eigenvalue weighted by Gasteiger charge is -2.18. The minimum absolute atomic E-state index is 0.197. The summed E-state index contributed by atoms with van der Waals surface area (Å²) in [6.45, 7) is 2.10. The highest BCUT2D eigenvalue weighted by atomic mass is 32.1. The number of hydrogen-bond donors (Lipinski definition) is 4. The lowest BCUT2D eigenvalue weighted by Crippen LogP contribution is -2.37. The molecule has 9 nitrogen and oxygen atoms in total. The van der Waals surface area contributed by atoms with Crippen LogP contribution in [0.25, 0.3) is 10.1 Å². The molecular weight excluding hydrogens is 500 g/mol. The SMILES string of the molecule is C[C@@H](Nc1cnc2n(c1=O)[C@H](C(=O)NCc1cc3cnc(N)cc3s1)CC2)/C(C=N)=C/CCCC(F)F. The van der Waals surface area contributed by atoms with Crippen molar-refractivity contribution in [2.75, 3.05) is 11.1 Å². The van der Waals surface area contributed by atoms with E-state index < -0.39 is 18.5 Å². The van der Waals surface area contributed by atoms with Gasteiger partial charge in [-0.1, -0.05) is 6.08 Å². The van der Waals surface area contributed by atoms with Crippen LogP contribution >= 0.6 is 11.3 Å². The predicted molar refractivity (Wildman–Crippen MR) is 142 cm³/mol. The fraction of sp³-hybridized carbons (Fsp3) is 0.400. The Balaban J connectivity index is 1.43. The number of rotatable bonds is 11. The number of halogens is 2. The zero-order valence-corrected chi connectivity index (χ0v) is 21.2.